The van der Waals surface area contributed by atoms with Gasteiger partial charge in [-0.05, 0) is 26.6 Å². The van der Waals surface area contributed by atoms with Crippen molar-refractivity contribution in [1.82, 2.24) is 4.90 Å². The molecule has 0 saturated carbocycles. The normalized spacial score (nSPS) is 13.7. The molecule has 0 heterocycles. The van der Waals surface area contributed by atoms with Gasteiger partial charge in [0.1, 0.15) is 0 Å². The second-order valence-corrected chi connectivity index (χ2v) is 4.57. The highest BCUT2D eigenvalue weighted by Gasteiger charge is 2.08. The molecule has 2 heteroatoms. The van der Waals surface area contributed by atoms with Crippen LogP contribution in [0, 0.1) is 0 Å². The molecule has 0 aliphatic heterocycles. The molecule has 0 radical (unpaired) electrons. The smallest absolute Gasteiger partial charge is 0.0389 e. The quantitative estimate of drug-likeness (QED) is 0.590. The summed E-state index contributed by atoms with van der Waals surface area (Å²) >= 11 is 0. The fraction of sp³-hybridized carbons (Fsp3) is 0.400. The molecule has 1 nitrogen and oxygen atoms in total. The molecule has 0 amide bonds. The summed E-state index contributed by atoms with van der Waals surface area (Å²) in [5.74, 6) is 0. The number of hydrogen-bond donors (Lipinski definition) is 0. The molecule has 0 aromatic heterocycles. The van der Waals surface area contributed by atoms with E-state index in [1.165, 1.54) is 10.8 Å². The topological polar surface area (TPSA) is 3.24 Å². The van der Waals surface area contributed by atoms with Crippen LogP contribution in [0.15, 0.2) is 24.3 Å². The molecule has 0 saturated heterocycles. The number of rotatable bonds is 2. The van der Waals surface area contributed by atoms with Crippen LogP contribution in [0.5, 0.6) is 0 Å². The van der Waals surface area contributed by atoms with Gasteiger partial charge in [-0.3, -0.25) is 0 Å². The van der Waals surface area contributed by atoms with Gasteiger partial charge < -0.3 is 4.90 Å². The molecular weight excluding hydrogens is 162 g/mol. The highest BCUT2D eigenvalue weighted by Crippen LogP contribution is 2.13. The lowest BCUT2D eigenvalue weighted by molar-refractivity contribution is 0.322. The number of hydrogen-bond acceptors (Lipinski definition) is 1. The van der Waals surface area contributed by atoms with E-state index in [0.717, 1.165) is 10.2 Å². The maximum Gasteiger partial charge on any atom is 0.0389 e. The first-order valence-corrected chi connectivity index (χ1v) is 5.35. The zero-order valence-corrected chi connectivity index (χ0v) is 10.3. The molecular formula is C10H17NSi. The van der Waals surface area contributed by atoms with E-state index in [1.807, 2.05) is 0 Å². The van der Waals surface area contributed by atoms with Gasteiger partial charge in [0.15, 0.2) is 0 Å². The molecule has 1 atom stereocenters. The van der Waals surface area contributed by atoms with E-state index in [-0.39, 0.29) is 0 Å². The summed E-state index contributed by atoms with van der Waals surface area (Å²) in [7, 11) is 5.39. The van der Waals surface area contributed by atoms with Crippen molar-refractivity contribution in [3.8, 4) is 0 Å². The summed E-state index contributed by atoms with van der Waals surface area (Å²) in [6, 6.07) is 9.23. The van der Waals surface area contributed by atoms with Crippen molar-refractivity contribution in [2.45, 2.75) is 13.0 Å². The third kappa shape index (κ3) is 1.96. The largest absolute Gasteiger partial charge is 0.303 e. The third-order valence-corrected chi connectivity index (χ3v) is 3.32. The lowest BCUT2D eigenvalue weighted by Gasteiger charge is -2.21. The molecule has 1 unspecified atom stereocenters. The lowest BCUT2D eigenvalue weighted by Crippen LogP contribution is -2.23. The van der Waals surface area contributed by atoms with Crippen LogP contribution in [-0.4, -0.2) is 29.2 Å². The minimum absolute atomic E-state index is 0.540. The van der Waals surface area contributed by atoms with Gasteiger partial charge in [-0.15, -0.1) is 0 Å². The SMILES string of the molecule is CC(c1ccccc1[SiH3])N(C)C. The molecule has 1 rings (SSSR count). The van der Waals surface area contributed by atoms with Crippen LogP contribution >= 0.6 is 0 Å². The first kappa shape index (κ1) is 9.48. The zero-order chi connectivity index (χ0) is 9.14. The Bertz CT molecular complexity index is 258. The first-order chi connectivity index (χ1) is 5.63. The molecule has 1 aromatic rings. The van der Waals surface area contributed by atoms with E-state index >= 15 is 0 Å². The standard InChI is InChI=1S/C10H17NSi/c1-8(11(2)3)9-6-4-5-7-10(9)12/h4-8H,1-3,12H3. The Morgan fingerprint density at radius 2 is 1.83 bits per heavy atom. The van der Waals surface area contributed by atoms with Gasteiger partial charge in [0, 0.05) is 16.3 Å². The van der Waals surface area contributed by atoms with E-state index < -0.39 is 0 Å². The van der Waals surface area contributed by atoms with Gasteiger partial charge in [0.05, 0.1) is 0 Å². The average molecular weight is 179 g/mol. The Labute approximate surface area is 77.8 Å². The minimum Gasteiger partial charge on any atom is -0.303 e. The van der Waals surface area contributed by atoms with E-state index in [9.17, 15) is 0 Å². The molecule has 0 fully saturated rings. The van der Waals surface area contributed by atoms with Gasteiger partial charge in [0.2, 0.25) is 0 Å². The predicted octanol–water partition coefficient (Wildman–Crippen LogP) is 0.300. The molecule has 0 spiro atoms. The summed E-state index contributed by atoms with van der Waals surface area (Å²) in [5.41, 5.74) is 1.48. The predicted molar refractivity (Wildman–Crippen MR) is 58.1 cm³/mol. The summed E-state index contributed by atoms with van der Waals surface area (Å²) in [4.78, 5) is 2.25. The van der Waals surface area contributed by atoms with Crippen molar-refractivity contribution >= 4 is 15.4 Å². The van der Waals surface area contributed by atoms with Gasteiger partial charge in [-0.1, -0.05) is 29.5 Å². The Hall–Kier alpha value is -0.603. The minimum atomic E-state index is 0.540. The van der Waals surface area contributed by atoms with Crippen LogP contribution in [0.1, 0.15) is 18.5 Å². The Kier molecular flexibility index (Phi) is 3.06. The van der Waals surface area contributed by atoms with Crippen molar-refractivity contribution < 1.29 is 0 Å². The second-order valence-electron chi connectivity index (χ2n) is 3.50. The number of benzene rings is 1. The Balaban J connectivity index is 2.94. The third-order valence-electron chi connectivity index (χ3n) is 2.41. The van der Waals surface area contributed by atoms with Crippen LogP contribution in [0.2, 0.25) is 0 Å². The van der Waals surface area contributed by atoms with Gasteiger partial charge >= 0.3 is 0 Å². The summed E-state index contributed by atoms with van der Waals surface area (Å²) in [6.07, 6.45) is 0. The van der Waals surface area contributed by atoms with Crippen LogP contribution in [0.4, 0.5) is 0 Å². The molecule has 1 aromatic carbocycles. The molecule has 12 heavy (non-hydrogen) atoms. The molecule has 0 aliphatic rings. The highest BCUT2D eigenvalue weighted by molar-refractivity contribution is 6.33. The van der Waals surface area contributed by atoms with Crippen molar-refractivity contribution in [2.24, 2.45) is 0 Å². The summed E-state index contributed by atoms with van der Waals surface area (Å²) in [6.45, 7) is 2.25. The van der Waals surface area contributed by atoms with E-state index in [0.29, 0.717) is 6.04 Å². The van der Waals surface area contributed by atoms with Crippen LogP contribution < -0.4 is 5.19 Å². The fourth-order valence-corrected chi connectivity index (χ4v) is 2.11. The molecule has 0 aliphatic carbocycles. The van der Waals surface area contributed by atoms with Crippen molar-refractivity contribution in [2.75, 3.05) is 14.1 Å². The average Bonchev–Trinajstić information content (AvgIpc) is 2.04. The monoisotopic (exact) mass is 179 g/mol. The Morgan fingerprint density at radius 3 is 2.33 bits per heavy atom. The maximum atomic E-state index is 2.25. The van der Waals surface area contributed by atoms with Crippen molar-refractivity contribution in [1.29, 1.82) is 0 Å². The highest BCUT2D eigenvalue weighted by atomic mass is 28.1. The first-order valence-electron chi connectivity index (χ1n) is 4.35. The lowest BCUT2D eigenvalue weighted by atomic mass is 10.1. The number of nitrogens with zero attached hydrogens (tertiary/aromatic N) is 1. The summed E-state index contributed by atoms with van der Waals surface area (Å²) < 4.78 is 0. The van der Waals surface area contributed by atoms with E-state index in [4.69, 9.17) is 0 Å². The molecule has 0 N–H and O–H groups in total. The zero-order valence-electron chi connectivity index (χ0n) is 8.33. The van der Waals surface area contributed by atoms with Crippen LogP contribution in [0.3, 0.4) is 0 Å². The van der Waals surface area contributed by atoms with Gasteiger partial charge in [-0.2, -0.15) is 0 Å². The fourth-order valence-electron chi connectivity index (χ4n) is 1.33. The molecule has 0 bridgehead atoms. The Morgan fingerprint density at radius 1 is 1.25 bits per heavy atom. The maximum absolute atomic E-state index is 2.25. The van der Waals surface area contributed by atoms with Gasteiger partial charge in [-0.25, -0.2) is 0 Å². The van der Waals surface area contributed by atoms with Crippen molar-refractivity contribution in [3.63, 3.8) is 0 Å². The summed E-state index contributed by atoms with van der Waals surface area (Å²) in [5, 5.41) is 1.51. The van der Waals surface area contributed by atoms with E-state index in [1.54, 1.807) is 0 Å². The molecule has 66 valence electrons. The second kappa shape index (κ2) is 3.87. The van der Waals surface area contributed by atoms with Crippen LogP contribution in [0.25, 0.3) is 0 Å². The van der Waals surface area contributed by atoms with Crippen molar-refractivity contribution in [3.05, 3.63) is 29.8 Å². The van der Waals surface area contributed by atoms with Gasteiger partial charge in [0.25, 0.3) is 0 Å². The van der Waals surface area contributed by atoms with Crippen LogP contribution in [-0.2, 0) is 0 Å². The van der Waals surface area contributed by atoms with E-state index in [2.05, 4.69) is 50.2 Å².